The van der Waals surface area contributed by atoms with Crippen LogP contribution in [0, 0.1) is 11.5 Å². The molecule has 1 aromatic carbocycles. The molecule has 0 heterocycles. The summed E-state index contributed by atoms with van der Waals surface area (Å²) in [5.41, 5.74) is 1.22. The number of carbonyl (C=O) groups excluding carboxylic acids is 1. The molecule has 0 aliphatic rings. The summed E-state index contributed by atoms with van der Waals surface area (Å²) in [7, 11) is 0. The molecule has 1 rings (SSSR count). The van der Waals surface area contributed by atoms with Crippen LogP contribution in [-0.2, 0) is 4.79 Å². The van der Waals surface area contributed by atoms with Gasteiger partial charge in [0.25, 0.3) is 5.91 Å². The van der Waals surface area contributed by atoms with E-state index in [0.29, 0.717) is 11.7 Å². The number of nitriles is 1. The minimum absolute atomic E-state index is 0.144. The molecule has 0 aliphatic heterocycles. The fourth-order valence-corrected chi connectivity index (χ4v) is 1.20. The molecule has 0 fully saturated rings. The first kappa shape index (κ1) is 12.1. The Morgan fingerprint density at radius 2 is 2.06 bits per heavy atom. The Morgan fingerprint density at radius 1 is 1.44 bits per heavy atom. The van der Waals surface area contributed by atoms with Crippen molar-refractivity contribution in [3.8, 4) is 11.9 Å². The first-order chi connectivity index (χ1) is 7.63. The van der Waals surface area contributed by atoms with Crippen molar-refractivity contribution in [1.82, 2.24) is 5.32 Å². The Bertz CT molecular complexity index is 390. The van der Waals surface area contributed by atoms with E-state index in [4.69, 9.17) is 10.00 Å². The fraction of sp³-hybridized carbons (Fsp3) is 0.333. The van der Waals surface area contributed by atoms with Gasteiger partial charge in [-0.1, -0.05) is 26.0 Å². The summed E-state index contributed by atoms with van der Waals surface area (Å²) >= 11 is 0. The van der Waals surface area contributed by atoms with Crippen molar-refractivity contribution < 1.29 is 9.53 Å². The van der Waals surface area contributed by atoms with E-state index in [2.05, 4.69) is 13.8 Å². The van der Waals surface area contributed by atoms with Crippen LogP contribution in [0.15, 0.2) is 24.3 Å². The predicted octanol–water partition coefficient (Wildman–Crippen LogP) is 1.79. The number of ether oxygens (including phenoxy) is 1. The number of benzene rings is 1. The average molecular weight is 218 g/mol. The molecule has 16 heavy (non-hydrogen) atoms. The zero-order chi connectivity index (χ0) is 12.0. The van der Waals surface area contributed by atoms with Crippen molar-refractivity contribution in [1.29, 1.82) is 5.26 Å². The summed E-state index contributed by atoms with van der Waals surface area (Å²) in [4.78, 5) is 10.9. The molecule has 84 valence electrons. The number of amides is 1. The molecule has 1 aromatic rings. The smallest absolute Gasteiger partial charge is 0.270 e. The minimum Gasteiger partial charge on any atom is -0.484 e. The highest BCUT2D eigenvalue weighted by Gasteiger charge is 2.02. The van der Waals surface area contributed by atoms with E-state index in [1.54, 1.807) is 6.19 Å². The van der Waals surface area contributed by atoms with E-state index in [1.165, 1.54) is 5.56 Å². The first-order valence-electron chi connectivity index (χ1n) is 5.04. The van der Waals surface area contributed by atoms with Gasteiger partial charge in [0, 0.05) is 0 Å². The van der Waals surface area contributed by atoms with Gasteiger partial charge in [-0.2, -0.15) is 5.26 Å². The van der Waals surface area contributed by atoms with Gasteiger partial charge in [0.2, 0.25) is 0 Å². The molecule has 4 heteroatoms. The standard InChI is InChI=1S/C12H14N2O2/c1-9(2)10-3-5-11(6-4-10)16-7-12(15)14-8-13/h3-6,9H,7H2,1-2H3,(H,14,15). The lowest BCUT2D eigenvalue weighted by molar-refractivity contribution is -0.121. The average Bonchev–Trinajstić information content (AvgIpc) is 2.27. The number of nitrogens with zero attached hydrogens (tertiary/aromatic N) is 1. The summed E-state index contributed by atoms with van der Waals surface area (Å²) in [6, 6.07) is 7.55. The first-order valence-corrected chi connectivity index (χ1v) is 5.04. The lowest BCUT2D eigenvalue weighted by Crippen LogP contribution is -2.24. The lowest BCUT2D eigenvalue weighted by Gasteiger charge is -2.07. The summed E-state index contributed by atoms with van der Waals surface area (Å²) < 4.78 is 5.19. The number of hydrogen-bond donors (Lipinski definition) is 1. The number of hydrogen-bond acceptors (Lipinski definition) is 3. The van der Waals surface area contributed by atoms with Gasteiger partial charge in [-0.25, -0.2) is 0 Å². The van der Waals surface area contributed by atoms with Crippen LogP contribution in [0.5, 0.6) is 5.75 Å². The van der Waals surface area contributed by atoms with Crippen LogP contribution in [0.3, 0.4) is 0 Å². The molecule has 0 atom stereocenters. The molecule has 0 spiro atoms. The Balaban J connectivity index is 2.50. The number of carbonyl (C=O) groups is 1. The monoisotopic (exact) mass is 218 g/mol. The van der Waals surface area contributed by atoms with Crippen LogP contribution in [0.1, 0.15) is 25.3 Å². The second kappa shape index (κ2) is 5.76. The van der Waals surface area contributed by atoms with E-state index in [1.807, 2.05) is 29.6 Å². The van der Waals surface area contributed by atoms with Crippen molar-refractivity contribution >= 4 is 5.91 Å². The van der Waals surface area contributed by atoms with Gasteiger partial charge in [-0.05, 0) is 23.6 Å². The van der Waals surface area contributed by atoms with Crippen LogP contribution in [-0.4, -0.2) is 12.5 Å². The topological polar surface area (TPSA) is 62.1 Å². The SMILES string of the molecule is CC(C)c1ccc(OCC(=O)NC#N)cc1. The third kappa shape index (κ3) is 3.62. The van der Waals surface area contributed by atoms with Gasteiger partial charge < -0.3 is 4.74 Å². The van der Waals surface area contributed by atoms with Crippen LogP contribution < -0.4 is 10.1 Å². The summed E-state index contributed by atoms with van der Waals surface area (Å²) in [5.74, 6) is 0.642. The second-order valence-corrected chi connectivity index (χ2v) is 3.67. The van der Waals surface area contributed by atoms with E-state index in [0.717, 1.165) is 0 Å². The van der Waals surface area contributed by atoms with Gasteiger partial charge in [0.15, 0.2) is 12.8 Å². The summed E-state index contributed by atoms with van der Waals surface area (Å²) in [6.45, 7) is 4.07. The van der Waals surface area contributed by atoms with Crippen LogP contribution in [0.25, 0.3) is 0 Å². The van der Waals surface area contributed by atoms with Crippen LogP contribution in [0.2, 0.25) is 0 Å². The molecule has 1 N–H and O–H groups in total. The van der Waals surface area contributed by atoms with Crippen molar-refractivity contribution in [2.45, 2.75) is 19.8 Å². The highest BCUT2D eigenvalue weighted by atomic mass is 16.5. The van der Waals surface area contributed by atoms with E-state index in [9.17, 15) is 4.79 Å². The number of rotatable bonds is 4. The second-order valence-electron chi connectivity index (χ2n) is 3.67. The van der Waals surface area contributed by atoms with Crippen LogP contribution in [0.4, 0.5) is 0 Å². The Kier molecular flexibility index (Phi) is 4.34. The maximum absolute atomic E-state index is 10.9. The molecule has 0 aromatic heterocycles. The molecule has 0 saturated carbocycles. The van der Waals surface area contributed by atoms with Gasteiger partial charge in [-0.15, -0.1) is 0 Å². The van der Waals surface area contributed by atoms with Crippen LogP contribution >= 0.6 is 0 Å². The zero-order valence-corrected chi connectivity index (χ0v) is 9.36. The Hall–Kier alpha value is -2.02. The quantitative estimate of drug-likeness (QED) is 0.619. The van der Waals surface area contributed by atoms with E-state index in [-0.39, 0.29) is 6.61 Å². The van der Waals surface area contributed by atoms with Crippen molar-refractivity contribution in [3.05, 3.63) is 29.8 Å². The molecule has 0 aliphatic carbocycles. The number of nitrogens with one attached hydrogen (secondary N) is 1. The largest absolute Gasteiger partial charge is 0.484 e. The summed E-state index contributed by atoms with van der Waals surface area (Å²) in [6.07, 6.45) is 1.55. The third-order valence-electron chi connectivity index (χ3n) is 2.11. The van der Waals surface area contributed by atoms with Crippen molar-refractivity contribution in [3.63, 3.8) is 0 Å². The molecule has 0 radical (unpaired) electrons. The summed E-state index contributed by atoms with van der Waals surface area (Å²) in [5, 5.41) is 10.2. The molecular formula is C12H14N2O2. The molecular weight excluding hydrogens is 204 g/mol. The fourth-order valence-electron chi connectivity index (χ4n) is 1.20. The molecule has 4 nitrogen and oxygen atoms in total. The van der Waals surface area contributed by atoms with Gasteiger partial charge in [-0.3, -0.25) is 10.1 Å². The third-order valence-corrected chi connectivity index (χ3v) is 2.11. The lowest BCUT2D eigenvalue weighted by atomic mass is 10.0. The molecule has 1 amide bonds. The van der Waals surface area contributed by atoms with Gasteiger partial charge in [0.05, 0.1) is 0 Å². The highest BCUT2D eigenvalue weighted by Crippen LogP contribution is 2.18. The maximum Gasteiger partial charge on any atom is 0.270 e. The normalized spacial score (nSPS) is 9.62. The van der Waals surface area contributed by atoms with Crippen molar-refractivity contribution in [2.24, 2.45) is 0 Å². The predicted molar refractivity (Wildman–Crippen MR) is 59.8 cm³/mol. The van der Waals surface area contributed by atoms with E-state index >= 15 is 0 Å². The molecule has 0 unspecified atom stereocenters. The van der Waals surface area contributed by atoms with Gasteiger partial charge in [0.1, 0.15) is 5.75 Å². The van der Waals surface area contributed by atoms with E-state index < -0.39 is 5.91 Å². The zero-order valence-electron chi connectivity index (χ0n) is 9.36. The maximum atomic E-state index is 10.9. The van der Waals surface area contributed by atoms with Crippen molar-refractivity contribution in [2.75, 3.05) is 6.61 Å². The van der Waals surface area contributed by atoms with Gasteiger partial charge >= 0.3 is 0 Å². The Morgan fingerprint density at radius 3 is 2.56 bits per heavy atom. The minimum atomic E-state index is -0.449. The molecule has 0 bridgehead atoms. The highest BCUT2D eigenvalue weighted by molar-refractivity contribution is 5.78. The Labute approximate surface area is 94.8 Å². The molecule has 0 saturated heterocycles.